The van der Waals surface area contributed by atoms with Gasteiger partial charge in [0.15, 0.2) is 11.5 Å². The summed E-state index contributed by atoms with van der Waals surface area (Å²) in [5, 5.41) is 0. The van der Waals surface area contributed by atoms with Crippen molar-refractivity contribution in [1.29, 1.82) is 0 Å². The number of carbonyl (C=O) groups excluding carboxylic acids is 2. The highest BCUT2D eigenvalue weighted by molar-refractivity contribution is 6.03. The molecule has 3 aromatic rings. The molecule has 4 aliphatic heterocycles. The van der Waals surface area contributed by atoms with Crippen molar-refractivity contribution in [2.45, 2.75) is 70.9 Å². The van der Waals surface area contributed by atoms with Gasteiger partial charge in [-0.1, -0.05) is 12.1 Å². The number of hydrogen-bond donors (Lipinski definition) is 0. The van der Waals surface area contributed by atoms with E-state index in [1.807, 2.05) is 60.3 Å². The summed E-state index contributed by atoms with van der Waals surface area (Å²) in [6, 6.07) is 14.0. The lowest BCUT2D eigenvalue weighted by Gasteiger charge is -2.21. The summed E-state index contributed by atoms with van der Waals surface area (Å²) in [7, 11) is 3.28. The number of rotatable bonds is 9. The molecule has 49 heavy (non-hydrogen) atoms. The van der Waals surface area contributed by atoms with E-state index in [9.17, 15) is 9.59 Å². The molecule has 0 N–H and O–H groups in total. The van der Waals surface area contributed by atoms with Crippen LogP contribution in [0, 0.1) is 19.3 Å². The second-order valence-electron chi connectivity index (χ2n) is 14.3. The molecule has 2 atom stereocenters. The molecule has 254 valence electrons. The molecule has 0 aromatic heterocycles. The van der Waals surface area contributed by atoms with Gasteiger partial charge in [0.2, 0.25) is 0 Å². The fraction of sp³-hybridized carbons (Fsp3) is 0.425. The minimum atomic E-state index is -0.0146. The summed E-state index contributed by atoms with van der Waals surface area (Å²) >= 11 is 0. The maximum Gasteiger partial charge on any atom is 0.258 e. The molecule has 5 aliphatic rings. The molecule has 3 aromatic carbocycles. The van der Waals surface area contributed by atoms with E-state index in [2.05, 4.69) is 18.2 Å². The summed E-state index contributed by atoms with van der Waals surface area (Å²) in [6.07, 6.45) is 10.5. The minimum Gasteiger partial charge on any atom is -0.496 e. The normalized spacial score (nSPS) is 21.3. The molecule has 1 saturated carbocycles. The van der Waals surface area contributed by atoms with Crippen molar-refractivity contribution in [1.82, 2.24) is 9.80 Å². The van der Waals surface area contributed by atoms with E-state index >= 15 is 0 Å². The van der Waals surface area contributed by atoms with Crippen LogP contribution in [0.1, 0.15) is 81.5 Å². The number of nitrogens with zero attached hydrogens (tertiary/aromatic N) is 3. The predicted octanol–water partition coefficient (Wildman–Crippen LogP) is 7.08. The maximum atomic E-state index is 13.8. The highest BCUT2D eigenvalue weighted by Gasteiger charge is 2.53. The van der Waals surface area contributed by atoms with E-state index in [1.165, 1.54) is 12.8 Å². The van der Waals surface area contributed by atoms with Crippen LogP contribution in [0.2, 0.25) is 0 Å². The molecule has 9 heteroatoms. The number of hydrogen-bond acceptors (Lipinski definition) is 7. The van der Waals surface area contributed by atoms with Crippen molar-refractivity contribution in [3.63, 3.8) is 0 Å². The molecule has 0 unspecified atom stereocenters. The molecule has 2 fully saturated rings. The first-order valence-corrected chi connectivity index (χ1v) is 17.4. The molecule has 8 rings (SSSR count). The zero-order valence-corrected chi connectivity index (χ0v) is 28.7. The third-order valence-electron chi connectivity index (χ3n) is 11.0. The number of fused-ring (bicyclic) bond motifs is 4. The van der Waals surface area contributed by atoms with Gasteiger partial charge in [-0.25, -0.2) is 0 Å². The maximum absolute atomic E-state index is 13.8. The van der Waals surface area contributed by atoms with E-state index in [4.69, 9.17) is 23.9 Å². The van der Waals surface area contributed by atoms with E-state index in [1.54, 1.807) is 14.2 Å². The number of ether oxygens (including phenoxy) is 4. The number of aliphatic imine (C=N–C) groups is 1. The van der Waals surface area contributed by atoms with Crippen molar-refractivity contribution < 1.29 is 28.5 Å². The van der Waals surface area contributed by atoms with Gasteiger partial charge in [-0.15, -0.1) is 0 Å². The topological polar surface area (TPSA) is 89.9 Å². The summed E-state index contributed by atoms with van der Waals surface area (Å²) in [6.45, 7) is 5.70. The first kappa shape index (κ1) is 31.5. The number of methoxy groups -OCH3 is 2. The van der Waals surface area contributed by atoms with Gasteiger partial charge >= 0.3 is 0 Å². The summed E-state index contributed by atoms with van der Waals surface area (Å²) in [5.41, 5.74) is 7.52. The van der Waals surface area contributed by atoms with Crippen molar-refractivity contribution in [2.24, 2.45) is 10.4 Å². The van der Waals surface area contributed by atoms with Gasteiger partial charge in [-0.3, -0.25) is 14.6 Å². The van der Waals surface area contributed by atoms with E-state index < -0.39 is 0 Å². The van der Waals surface area contributed by atoms with Crippen LogP contribution in [0.15, 0.2) is 53.7 Å². The first-order valence-electron chi connectivity index (χ1n) is 17.4. The van der Waals surface area contributed by atoms with Crippen LogP contribution in [-0.2, 0) is 6.42 Å². The molecular weight excluding hydrogens is 618 g/mol. The van der Waals surface area contributed by atoms with Crippen molar-refractivity contribution in [2.75, 3.05) is 34.0 Å². The second kappa shape index (κ2) is 12.3. The minimum absolute atomic E-state index is 0.0146. The molecule has 1 spiro atoms. The van der Waals surface area contributed by atoms with E-state index in [0.29, 0.717) is 53.4 Å². The summed E-state index contributed by atoms with van der Waals surface area (Å²) in [5.74, 6) is 2.80. The second-order valence-corrected chi connectivity index (χ2v) is 14.3. The standard InChI is InChI=1S/C40H43N3O6/c1-24-6-7-26(16-34(24)46-3)28-15-29-9-8-27-17-37(36(47-4)18-31(27)38(44)42(29)22-28)49-13-5-12-48-35-19-33-32(14-25(35)2)39(45)43-23-40(10-11-40)20-30(43)21-41-33/h6-7,14,16-19,21-22,29-30H,5,8-13,15,20,23H2,1-4H3/t29-,30+/m1/s1. The molecule has 9 nitrogen and oxygen atoms in total. The fourth-order valence-electron chi connectivity index (χ4n) is 7.94. The zero-order valence-electron chi connectivity index (χ0n) is 28.7. The van der Waals surface area contributed by atoms with Crippen LogP contribution < -0.4 is 18.9 Å². The zero-order chi connectivity index (χ0) is 33.9. The van der Waals surface area contributed by atoms with Crippen LogP contribution in [0.3, 0.4) is 0 Å². The first-order chi connectivity index (χ1) is 23.8. The number of aryl methyl sites for hydroxylation is 3. The quantitative estimate of drug-likeness (QED) is 0.228. The molecular formula is C40H43N3O6. The summed E-state index contributed by atoms with van der Waals surface area (Å²) in [4.78, 5) is 35.9. The van der Waals surface area contributed by atoms with Crippen LogP contribution >= 0.6 is 0 Å². The molecule has 1 aliphatic carbocycles. The van der Waals surface area contributed by atoms with Gasteiger partial charge in [0.1, 0.15) is 11.5 Å². The lowest BCUT2D eigenvalue weighted by molar-refractivity contribution is 0.0765. The lowest BCUT2D eigenvalue weighted by Crippen LogP contribution is -2.35. The van der Waals surface area contributed by atoms with Gasteiger partial charge in [0.05, 0.1) is 44.7 Å². The molecule has 2 amide bonds. The Balaban J connectivity index is 0.906. The number of amides is 2. The Morgan fingerprint density at radius 3 is 2.43 bits per heavy atom. The molecule has 4 heterocycles. The highest BCUT2D eigenvalue weighted by Crippen LogP contribution is 2.55. The van der Waals surface area contributed by atoms with Crippen LogP contribution in [0.4, 0.5) is 5.69 Å². The van der Waals surface area contributed by atoms with Crippen molar-refractivity contribution in [3.8, 4) is 23.0 Å². The molecule has 1 saturated heterocycles. The SMILES string of the molecule is COc1cc(C2=CN3C(=O)c4cc(OC)c(OCCCOc5cc6c(cc5C)C(=O)N5CC7(CC7)C[C@H]5C=N6)cc4CC[C@@H]3C2)ccc1C. The Hall–Kier alpha value is -4.79. The van der Waals surface area contributed by atoms with E-state index in [0.717, 1.165) is 71.6 Å². The van der Waals surface area contributed by atoms with Gasteiger partial charge in [0.25, 0.3) is 11.8 Å². The fourth-order valence-corrected chi connectivity index (χ4v) is 7.94. The Kier molecular flexibility index (Phi) is 7.88. The Labute approximate surface area is 287 Å². The lowest BCUT2D eigenvalue weighted by atomic mass is 9.97. The highest BCUT2D eigenvalue weighted by atomic mass is 16.5. The smallest absolute Gasteiger partial charge is 0.258 e. The Morgan fingerprint density at radius 2 is 1.65 bits per heavy atom. The Bertz CT molecular complexity index is 1910. The monoisotopic (exact) mass is 661 g/mol. The predicted molar refractivity (Wildman–Crippen MR) is 188 cm³/mol. The van der Waals surface area contributed by atoms with Crippen molar-refractivity contribution in [3.05, 3.63) is 82.0 Å². The largest absolute Gasteiger partial charge is 0.496 e. The van der Waals surface area contributed by atoms with Crippen LogP contribution in [0.25, 0.3) is 5.57 Å². The van der Waals surface area contributed by atoms with Crippen LogP contribution in [-0.4, -0.2) is 73.9 Å². The molecule has 0 radical (unpaired) electrons. The average molecular weight is 662 g/mol. The Morgan fingerprint density at radius 1 is 0.857 bits per heavy atom. The summed E-state index contributed by atoms with van der Waals surface area (Å²) < 4.78 is 23.6. The third-order valence-corrected chi connectivity index (χ3v) is 11.0. The average Bonchev–Trinajstić information content (AvgIpc) is 3.63. The third kappa shape index (κ3) is 5.73. The van der Waals surface area contributed by atoms with Gasteiger partial charge in [-0.05, 0) is 110 Å². The molecule has 0 bridgehead atoms. The van der Waals surface area contributed by atoms with Crippen LogP contribution in [0.5, 0.6) is 23.0 Å². The van der Waals surface area contributed by atoms with Gasteiger partial charge < -0.3 is 28.7 Å². The van der Waals surface area contributed by atoms with Crippen molar-refractivity contribution >= 4 is 29.3 Å². The number of carbonyl (C=O) groups is 2. The van der Waals surface area contributed by atoms with E-state index in [-0.39, 0.29) is 23.9 Å². The number of benzene rings is 3. The van der Waals surface area contributed by atoms with Gasteiger partial charge in [0, 0.05) is 43.1 Å². The van der Waals surface area contributed by atoms with Gasteiger partial charge in [-0.2, -0.15) is 0 Å².